The monoisotopic (exact) mass is 1900 g/mol. The zero-order chi connectivity index (χ0) is 97.3. The highest BCUT2D eigenvalue weighted by Crippen LogP contribution is 2.41. The number of aromatic amines is 8. The average Bonchev–Trinajstić information content (AvgIpc) is 1.63. The van der Waals surface area contributed by atoms with Crippen LogP contribution in [0.25, 0.3) is 223 Å². The van der Waals surface area contributed by atoms with Gasteiger partial charge in [-0.3, -0.25) is 60.3 Å². The van der Waals surface area contributed by atoms with E-state index in [0.717, 1.165) is 114 Å². The lowest BCUT2D eigenvalue weighted by molar-refractivity contribution is 0.402. The number of nitrogens with zero attached hydrogens (tertiary/aromatic N) is 22. The second-order valence-corrected chi connectivity index (χ2v) is 35.6. The minimum Gasteiger partial charge on any atom is -0.382 e. The number of halogens is 4. The van der Waals surface area contributed by atoms with E-state index in [0.29, 0.717) is 163 Å². The summed E-state index contributed by atoms with van der Waals surface area (Å²) in [6.45, 7) is 6.81. The third kappa shape index (κ3) is 18.5. The van der Waals surface area contributed by atoms with Gasteiger partial charge >= 0.3 is 0 Å². The van der Waals surface area contributed by atoms with Crippen molar-refractivity contribution in [2.45, 2.75) is 58.7 Å². The number of anilines is 2. The Bertz CT molecular complexity index is 8590. The van der Waals surface area contributed by atoms with E-state index < -0.39 is 0 Å². The SMILES string of the molecule is CC(C)Nc1cncc(-c2cnc3n[nH]c(-c4nc5c(-c6ccccc6F)cncc5[nH]4)c3c2)c1.CN(C)Cc1cncc(-c2cnc3n[nH]c(-c4nc5c(-c6ccccc6F)cncc5[nH]4)c3c2)c1.CN(C)c1cncc(-c2cnc3n[nH]c(-c4nc5c(-c6ccccc6F)cncc5[nH]4)c3c2)c1.Fc1ccccc1-c1cncc2[nH]c(-c3[nH]nc4ncc(-c5cncc(CNCC6CCCC6)c5)cc34)nc12. The van der Waals surface area contributed by atoms with Crippen molar-refractivity contribution in [2.24, 2.45) is 5.92 Å². The van der Waals surface area contributed by atoms with Gasteiger partial charge in [-0.2, -0.15) is 20.4 Å². The van der Waals surface area contributed by atoms with Crippen LogP contribution in [0.4, 0.5) is 28.9 Å². The summed E-state index contributed by atoms with van der Waals surface area (Å²) in [4.78, 5) is 89.4. The van der Waals surface area contributed by atoms with Crippen molar-refractivity contribution in [3.8, 4) is 135 Å². The van der Waals surface area contributed by atoms with Gasteiger partial charge in [0.2, 0.25) is 0 Å². The molecule has 20 heterocycles. The van der Waals surface area contributed by atoms with Crippen molar-refractivity contribution >= 4 is 99.6 Å². The van der Waals surface area contributed by atoms with Crippen molar-refractivity contribution in [2.75, 3.05) is 45.0 Å². The fraction of sp³-hybridized carbons (Fsp3) is 0.140. The summed E-state index contributed by atoms with van der Waals surface area (Å²) in [5.74, 6) is 1.81. The summed E-state index contributed by atoms with van der Waals surface area (Å²) in [5.41, 5.74) is 26.5. The lowest BCUT2D eigenvalue weighted by Crippen LogP contribution is -2.20. The standard InChI is InChI=1S/C30H27FN8.2C26H21FN8.C25H19FN8/c31-25-8-4-3-7-22(25)24-16-34-17-26-27(24)37-30(36-26)28-23-10-21(15-35-29(23)39-38-28)20-9-19(13-33-14-20)12-32-11-18-5-1-2-6-18;1-35(2)14-15-7-16(10-28-9-15)17-8-19-24(33-34-25(19)30-11-17)26-31-22-13-29-12-20(23(22)32-26)18-5-3-4-6-21(18)27;1-14(2)31-17-7-15(9-28-11-17)16-8-19-24(34-35-25(19)30-10-16)26-32-22-13-29-12-20(23(22)33-26)18-5-3-4-6-21(18)27;1-34(2)16-7-14(9-27-11-16)15-8-18-23(32-33-24(18)29-10-15)25-30-21-13-28-12-19(22(21)31-25)17-5-3-4-6-20(17)26/h3-4,7-10,13-18,32H,1-2,5-6,11-12H2,(H,36,37)(H,35,38,39);3-13H,14H2,1-2H3,(H,31,32)(H,30,33,34);3-14,31H,1-2H3,(H,32,33)(H,30,34,35);3-13H,1-2H3,(H,30,31)(H,29,32,33). The lowest BCUT2D eigenvalue weighted by Gasteiger charge is -2.12. The zero-order valence-electron chi connectivity index (χ0n) is 77.9. The Hall–Kier alpha value is -18.3. The molecular formula is C107H88F4N32. The highest BCUT2D eigenvalue weighted by Gasteiger charge is 2.26. The van der Waals surface area contributed by atoms with E-state index in [1.807, 2.05) is 107 Å². The van der Waals surface area contributed by atoms with E-state index in [9.17, 15) is 17.6 Å². The van der Waals surface area contributed by atoms with Crippen LogP contribution >= 0.6 is 0 Å². The van der Waals surface area contributed by atoms with E-state index in [2.05, 4.69) is 174 Å². The van der Waals surface area contributed by atoms with Gasteiger partial charge in [0.25, 0.3) is 0 Å². The molecule has 25 rings (SSSR count). The summed E-state index contributed by atoms with van der Waals surface area (Å²) in [5, 5.41) is 39.9. The van der Waals surface area contributed by atoms with Gasteiger partial charge in [-0.25, -0.2) is 57.4 Å². The number of pyridine rings is 12. The van der Waals surface area contributed by atoms with Gasteiger partial charge < -0.3 is 40.4 Å². The number of H-pyrrole nitrogens is 8. The molecule has 1 fully saturated rings. The van der Waals surface area contributed by atoms with Crippen LogP contribution in [0.15, 0.2) is 270 Å². The second kappa shape index (κ2) is 38.9. The molecule has 143 heavy (non-hydrogen) atoms. The third-order valence-electron chi connectivity index (χ3n) is 24.9. The largest absolute Gasteiger partial charge is 0.382 e. The number of nitrogens with one attached hydrogen (secondary N) is 10. The first-order valence-electron chi connectivity index (χ1n) is 46.3. The van der Waals surface area contributed by atoms with E-state index in [-0.39, 0.29) is 23.3 Å². The van der Waals surface area contributed by atoms with Crippen LogP contribution in [0.3, 0.4) is 0 Å². The molecule has 0 aliphatic heterocycles. The zero-order valence-corrected chi connectivity index (χ0v) is 77.9. The molecule has 20 aromatic heterocycles. The molecule has 0 spiro atoms. The van der Waals surface area contributed by atoms with Crippen LogP contribution in [-0.2, 0) is 13.1 Å². The molecule has 4 aromatic carbocycles. The van der Waals surface area contributed by atoms with E-state index >= 15 is 0 Å². The normalized spacial score (nSPS) is 12.2. The second-order valence-electron chi connectivity index (χ2n) is 35.6. The lowest BCUT2D eigenvalue weighted by atomic mass is 10.1. The fourth-order valence-corrected chi connectivity index (χ4v) is 18.0. The molecule has 36 heteroatoms. The van der Waals surface area contributed by atoms with Crippen LogP contribution < -0.4 is 15.5 Å². The molecular weight excluding hydrogens is 1810 g/mol. The van der Waals surface area contributed by atoms with Crippen LogP contribution in [-0.4, -0.2) is 186 Å². The number of hydrogen-bond acceptors (Lipinski definition) is 24. The maximum Gasteiger partial charge on any atom is 0.181 e. The summed E-state index contributed by atoms with van der Waals surface area (Å²) in [6.07, 6.45) is 40.5. The van der Waals surface area contributed by atoms with Gasteiger partial charge in [0.1, 0.15) is 68.1 Å². The Morgan fingerprint density at radius 3 is 1.00 bits per heavy atom. The van der Waals surface area contributed by atoms with Crippen molar-refractivity contribution < 1.29 is 17.6 Å². The van der Waals surface area contributed by atoms with E-state index in [1.54, 1.807) is 147 Å². The third-order valence-corrected chi connectivity index (χ3v) is 24.9. The summed E-state index contributed by atoms with van der Waals surface area (Å²) >= 11 is 0. The molecule has 0 unspecified atom stereocenters. The van der Waals surface area contributed by atoms with Crippen molar-refractivity contribution in [3.63, 3.8) is 0 Å². The van der Waals surface area contributed by atoms with E-state index in [1.165, 1.54) is 49.9 Å². The maximum absolute atomic E-state index is 14.6. The molecule has 10 N–H and O–H groups in total. The Balaban J connectivity index is 0.000000109. The number of rotatable bonds is 21. The number of benzene rings is 4. The Morgan fingerprint density at radius 1 is 0.336 bits per heavy atom. The van der Waals surface area contributed by atoms with Crippen molar-refractivity contribution in [1.82, 2.24) is 151 Å². The van der Waals surface area contributed by atoms with Crippen LogP contribution in [0.1, 0.15) is 50.7 Å². The van der Waals surface area contributed by atoms with Crippen molar-refractivity contribution in [1.29, 1.82) is 0 Å². The smallest absolute Gasteiger partial charge is 0.181 e. The molecule has 0 radical (unpaired) electrons. The first-order chi connectivity index (χ1) is 69.9. The quantitative estimate of drug-likeness (QED) is 0.0299. The Morgan fingerprint density at radius 2 is 0.650 bits per heavy atom. The minimum absolute atomic E-state index is 0.296. The average molecular weight is 1900 g/mol. The minimum atomic E-state index is -0.324. The topological polar surface area (TPSA) is 415 Å². The first-order valence-corrected chi connectivity index (χ1v) is 46.3. The molecule has 24 aromatic rings. The summed E-state index contributed by atoms with van der Waals surface area (Å²) in [7, 11) is 8.00. The molecule has 1 saturated carbocycles. The van der Waals surface area contributed by atoms with E-state index in [4.69, 9.17) is 19.9 Å². The molecule has 1 aliphatic carbocycles. The Kier molecular flexibility index (Phi) is 24.5. The molecule has 0 saturated heterocycles. The van der Waals surface area contributed by atoms with Gasteiger partial charge in [-0.05, 0) is 137 Å². The van der Waals surface area contributed by atoms with Crippen LogP contribution in [0.5, 0.6) is 0 Å². The highest BCUT2D eigenvalue weighted by atomic mass is 19.1. The molecule has 0 amide bonds. The van der Waals surface area contributed by atoms with Crippen LogP contribution in [0, 0.1) is 29.2 Å². The maximum atomic E-state index is 14.6. The molecule has 1 aliphatic rings. The summed E-state index contributed by atoms with van der Waals surface area (Å²) < 4.78 is 58.0. The van der Waals surface area contributed by atoms with Gasteiger partial charge in [0, 0.05) is 215 Å². The van der Waals surface area contributed by atoms with Crippen LogP contribution in [0.2, 0.25) is 0 Å². The van der Waals surface area contributed by atoms with Gasteiger partial charge in [-0.1, -0.05) is 85.6 Å². The molecule has 0 atom stereocenters. The highest BCUT2D eigenvalue weighted by molar-refractivity contribution is 6.02. The number of hydrogen-bond donors (Lipinski definition) is 10. The van der Waals surface area contributed by atoms with Gasteiger partial charge in [0.05, 0.1) is 86.0 Å². The fourth-order valence-electron chi connectivity index (χ4n) is 18.0. The molecule has 32 nitrogen and oxygen atoms in total. The molecule has 704 valence electrons. The predicted molar refractivity (Wildman–Crippen MR) is 546 cm³/mol. The summed E-state index contributed by atoms with van der Waals surface area (Å²) in [6, 6.07) is 43.2. The number of aromatic nitrogens is 28. The number of imidazole rings is 4. The number of fused-ring (bicyclic) bond motifs is 8. The van der Waals surface area contributed by atoms with Gasteiger partial charge in [-0.15, -0.1) is 0 Å². The predicted octanol–water partition coefficient (Wildman–Crippen LogP) is 21.3. The molecule has 0 bridgehead atoms. The first kappa shape index (κ1) is 89.9. The Labute approximate surface area is 811 Å². The van der Waals surface area contributed by atoms with Gasteiger partial charge in [0.15, 0.2) is 45.9 Å². The van der Waals surface area contributed by atoms with Crippen molar-refractivity contribution in [3.05, 3.63) is 304 Å².